The standard InChI is InChI=1S/C21H28F3N5O/c1-14-2-5-16(6-3-14)25-20(30)13-28-10-8-17(9-11-28)29-19-7-4-15(21(22,23)24)12-18(19)26-27-29/h4,7,12,14,16-17H,2-3,5-6,8-11,13H2,1H3,(H,25,30). The SMILES string of the molecule is CC1CCC(NC(=O)CN2CCC(n3nnc4cc(C(F)(F)F)ccc43)CC2)CC1. The van der Waals surface area contributed by atoms with Crippen LogP contribution in [0, 0.1) is 5.92 Å². The molecule has 1 aliphatic carbocycles. The van der Waals surface area contributed by atoms with Gasteiger partial charge >= 0.3 is 6.18 Å². The first kappa shape index (κ1) is 21.1. The Bertz CT molecular complexity index is 880. The second-order valence-corrected chi connectivity index (χ2v) is 8.77. The van der Waals surface area contributed by atoms with Crippen LogP contribution in [-0.4, -0.2) is 51.5 Å². The number of likely N-dealkylation sites (tertiary alicyclic amines) is 1. The highest BCUT2D eigenvalue weighted by atomic mass is 19.4. The Kier molecular flexibility index (Phi) is 5.99. The zero-order valence-corrected chi connectivity index (χ0v) is 17.2. The Hall–Kier alpha value is -2.16. The predicted molar refractivity (Wildman–Crippen MR) is 107 cm³/mol. The average molecular weight is 423 g/mol. The quantitative estimate of drug-likeness (QED) is 0.813. The number of hydrogen-bond donors (Lipinski definition) is 1. The number of nitrogens with one attached hydrogen (secondary N) is 1. The van der Waals surface area contributed by atoms with Crippen molar-refractivity contribution in [3.63, 3.8) is 0 Å². The van der Waals surface area contributed by atoms with E-state index in [0.717, 1.165) is 56.8 Å². The molecule has 2 aliphatic rings. The molecular formula is C21H28F3N5O. The number of hydrogen-bond acceptors (Lipinski definition) is 4. The van der Waals surface area contributed by atoms with Crippen molar-refractivity contribution in [3.05, 3.63) is 23.8 Å². The molecule has 9 heteroatoms. The Labute approximate surface area is 173 Å². The molecule has 164 valence electrons. The number of benzene rings is 1. The third kappa shape index (κ3) is 4.77. The van der Waals surface area contributed by atoms with Gasteiger partial charge in [0, 0.05) is 19.1 Å². The average Bonchev–Trinajstić information content (AvgIpc) is 3.13. The van der Waals surface area contributed by atoms with Gasteiger partial charge in [-0.3, -0.25) is 9.69 Å². The number of carbonyl (C=O) groups excluding carboxylic acids is 1. The van der Waals surface area contributed by atoms with Crippen LogP contribution in [0.1, 0.15) is 57.1 Å². The van der Waals surface area contributed by atoms with Crippen molar-refractivity contribution in [1.29, 1.82) is 0 Å². The van der Waals surface area contributed by atoms with E-state index >= 15 is 0 Å². The lowest BCUT2D eigenvalue weighted by molar-refractivity contribution is -0.137. The molecule has 1 saturated carbocycles. The minimum absolute atomic E-state index is 0.0749. The molecular weight excluding hydrogens is 395 g/mol. The summed E-state index contributed by atoms with van der Waals surface area (Å²) < 4.78 is 40.4. The van der Waals surface area contributed by atoms with Crippen molar-refractivity contribution in [3.8, 4) is 0 Å². The van der Waals surface area contributed by atoms with Crippen LogP contribution in [0.4, 0.5) is 13.2 Å². The third-order valence-electron chi connectivity index (χ3n) is 6.45. The maximum atomic E-state index is 12.9. The van der Waals surface area contributed by atoms with Crippen molar-refractivity contribution in [2.75, 3.05) is 19.6 Å². The number of halogens is 3. The van der Waals surface area contributed by atoms with Gasteiger partial charge < -0.3 is 5.32 Å². The highest BCUT2D eigenvalue weighted by molar-refractivity contribution is 5.78. The Morgan fingerprint density at radius 3 is 2.50 bits per heavy atom. The smallest absolute Gasteiger partial charge is 0.352 e. The van der Waals surface area contributed by atoms with Crippen molar-refractivity contribution in [2.45, 2.75) is 63.7 Å². The lowest BCUT2D eigenvalue weighted by Gasteiger charge is -2.32. The van der Waals surface area contributed by atoms with Crippen molar-refractivity contribution in [2.24, 2.45) is 5.92 Å². The van der Waals surface area contributed by atoms with Gasteiger partial charge in [-0.1, -0.05) is 12.1 Å². The number of rotatable bonds is 4. The van der Waals surface area contributed by atoms with E-state index in [9.17, 15) is 18.0 Å². The van der Waals surface area contributed by atoms with Crippen LogP contribution in [0.15, 0.2) is 18.2 Å². The largest absolute Gasteiger partial charge is 0.416 e. The van der Waals surface area contributed by atoms with Crippen LogP contribution < -0.4 is 5.32 Å². The molecule has 30 heavy (non-hydrogen) atoms. The molecule has 0 atom stereocenters. The van der Waals surface area contributed by atoms with Crippen molar-refractivity contribution >= 4 is 16.9 Å². The van der Waals surface area contributed by atoms with Crippen LogP contribution in [0.5, 0.6) is 0 Å². The summed E-state index contributed by atoms with van der Waals surface area (Å²) in [6.07, 6.45) is 1.65. The van der Waals surface area contributed by atoms with Gasteiger partial charge in [-0.2, -0.15) is 13.2 Å². The highest BCUT2D eigenvalue weighted by Crippen LogP contribution is 2.32. The third-order valence-corrected chi connectivity index (χ3v) is 6.45. The van der Waals surface area contributed by atoms with Crippen molar-refractivity contribution in [1.82, 2.24) is 25.2 Å². The molecule has 0 bridgehead atoms. The van der Waals surface area contributed by atoms with Gasteiger partial charge in [-0.25, -0.2) is 4.68 Å². The van der Waals surface area contributed by atoms with Gasteiger partial charge in [0.05, 0.1) is 23.7 Å². The summed E-state index contributed by atoms with van der Waals surface area (Å²) in [5.41, 5.74) is 0.162. The lowest BCUT2D eigenvalue weighted by Crippen LogP contribution is -2.45. The van der Waals surface area contributed by atoms with Crippen LogP contribution in [0.3, 0.4) is 0 Å². The van der Waals surface area contributed by atoms with E-state index in [-0.39, 0.29) is 17.5 Å². The van der Waals surface area contributed by atoms with Gasteiger partial charge in [0.25, 0.3) is 0 Å². The second kappa shape index (κ2) is 8.53. The van der Waals surface area contributed by atoms with Gasteiger partial charge in [-0.05, 0) is 62.6 Å². The molecule has 2 heterocycles. The Morgan fingerprint density at radius 2 is 1.83 bits per heavy atom. The fourth-order valence-corrected chi connectivity index (χ4v) is 4.59. The molecule has 6 nitrogen and oxygen atoms in total. The maximum absolute atomic E-state index is 12.9. The monoisotopic (exact) mass is 423 g/mol. The summed E-state index contributed by atoms with van der Waals surface area (Å²) in [5.74, 6) is 0.837. The first-order chi connectivity index (χ1) is 14.3. The number of fused-ring (bicyclic) bond motifs is 1. The number of amides is 1. The minimum Gasteiger partial charge on any atom is -0.352 e. The molecule has 0 radical (unpaired) electrons. The summed E-state index contributed by atoms with van der Waals surface area (Å²) in [7, 11) is 0. The molecule has 1 aliphatic heterocycles. The van der Waals surface area contributed by atoms with Gasteiger partial charge in [0.15, 0.2) is 0 Å². The minimum atomic E-state index is -4.39. The molecule has 1 aromatic heterocycles. The summed E-state index contributed by atoms with van der Waals surface area (Å²) in [4.78, 5) is 14.5. The van der Waals surface area contributed by atoms with E-state index in [2.05, 4.69) is 27.5 Å². The molecule has 2 fully saturated rings. The number of nitrogens with zero attached hydrogens (tertiary/aromatic N) is 4. The van der Waals surface area contributed by atoms with Gasteiger partial charge in [0.1, 0.15) is 5.52 Å². The van der Waals surface area contributed by atoms with Crippen LogP contribution in [0.25, 0.3) is 11.0 Å². The van der Waals surface area contributed by atoms with Crippen LogP contribution >= 0.6 is 0 Å². The summed E-state index contributed by atoms with van der Waals surface area (Å²) in [5, 5.41) is 11.2. The zero-order chi connectivity index (χ0) is 21.3. The molecule has 4 rings (SSSR count). The van der Waals surface area contributed by atoms with E-state index < -0.39 is 11.7 Å². The van der Waals surface area contributed by atoms with E-state index in [4.69, 9.17) is 0 Å². The van der Waals surface area contributed by atoms with Crippen LogP contribution in [-0.2, 0) is 11.0 Å². The molecule has 1 saturated heterocycles. The number of aromatic nitrogens is 3. The van der Waals surface area contributed by atoms with Crippen LogP contribution in [0.2, 0.25) is 0 Å². The molecule has 1 amide bonds. The second-order valence-electron chi connectivity index (χ2n) is 8.77. The summed E-state index contributed by atoms with van der Waals surface area (Å²) >= 11 is 0. The normalized spacial score (nSPS) is 24.3. The molecule has 0 unspecified atom stereocenters. The van der Waals surface area contributed by atoms with Crippen molar-refractivity contribution < 1.29 is 18.0 Å². The first-order valence-corrected chi connectivity index (χ1v) is 10.7. The molecule has 1 N–H and O–H groups in total. The fraction of sp³-hybridized carbons (Fsp3) is 0.667. The summed E-state index contributed by atoms with van der Waals surface area (Å²) in [6, 6.07) is 3.95. The topological polar surface area (TPSA) is 63.1 Å². The number of carbonyl (C=O) groups is 1. The van der Waals surface area contributed by atoms with E-state index in [1.165, 1.54) is 18.9 Å². The van der Waals surface area contributed by atoms with Gasteiger partial charge in [-0.15, -0.1) is 5.10 Å². The molecule has 2 aromatic rings. The maximum Gasteiger partial charge on any atom is 0.416 e. The summed E-state index contributed by atoms with van der Waals surface area (Å²) in [6.45, 7) is 4.16. The molecule has 1 aromatic carbocycles. The fourth-order valence-electron chi connectivity index (χ4n) is 4.59. The van der Waals surface area contributed by atoms with E-state index in [1.807, 2.05) is 0 Å². The van der Waals surface area contributed by atoms with E-state index in [0.29, 0.717) is 18.1 Å². The number of piperidine rings is 1. The lowest BCUT2D eigenvalue weighted by atomic mass is 9.87. The zero-order valence-electron chi connectivity index (χ0n) is 17.2. The highest BCUT2D eigenvalue weighted by Gasteiger charge is 2.31. The van der Waals surface area contributed by atoms with Gasteiger partial charge in [0.2, 0.25) is 5.91 Å². The Balaban J connectivity index is 1.31. The van der Waals surface area contributed by atoms with E-state index in [1.54, 1.807) is 4.68 Å². The first-order valence-electron chi connectivity index (χ1n) is 10.7. The predicted octanol–water partition coefficient (Wildman–Crippen LogP) is 3.78. The Morgan fingerprint density at radius 1 is 1.13 bits per heavy atom. The molecule has 0 spiro atoms. The number of alkyl halides is 3.